The normalized spacial score (nSPS) is 23.6. The van der Waals surface area contributed by atoms with Crippen LogP contribution in [0.2, 0.25) is 0 Å². The first kappa shape index (κ1) is 12.3. The predicted octanol–water partition coefficient (Wildman–Crippen LogP) is 3.04. The first-order valence-electron chi connectivity index (χ1n) is 6.98. The summed E-state index contributed by atoms with van der Waals surface area (Å²) in [6, 6.07) is 3.80. The zero-order chi connectivity index (χ0) is 13.2. The Balaban J connectivity index is 1.71. The lowest BCUT2D eigenvalue weighted by Gasteiger charge is -2.27. The quantitative estimate of drug-likeness (QED) is 0.829. The topological polar surface area (TPSA) is 77.0 Å². The van der Waals surface area contributed by atoms with Crippen LogP contribution in [0.25, 0.3) is 11.0 Å². The number of nitrogens with two attached hydrogens (primary N) is 1. The van der Waals surface area contributed by atoms with E-state index in [9.17, 15) is 0 Å². The molecule has 1 fully saturated rings. The van der Waals surface area contributed by atoms with Crippen LogP contribution in [-0.2, 0) is 0 Å². The highest BCUT2D eigenvalue weighted by Crippen LogP contribution is 2.30. The number of rotatable bonds is 3. The Bertz CT molecular complexity index is 566. The fourth-order valence-corrected chi connectivity index (χ4v) is 3.03. The highest BCUT2D eigenvalue weighted by atomic mass is 16.6. The minimum atomic E-state index is 0.605. The minimum Gasteiger partial charge on any atom is -0.397 e. The van der Waals surface area contributed by atoms with Gasteiger partial charge in [0.15, 0.2) is 11.0 Å². The smallest absolute Gasteiger partial charge is 0.160 e. The zero-order valence-electron chi connectivity index (χ0n) is 11.2. The lowest BCUT2D eigenvalue weighted by molar-refractivity contribution is 0.293. The van der Waals surface area contributed by atoms with Gasteiger partial charge in [-0.15, -0.1) is 0 Å². The van der Waals surface area contributed by atoms with Crippen molar-refractivity contribution in [3.8, 4) is 0 Å². The Morgan fingerprint density at radius 2 is 2.16 bits per heavy atom. The molecule has 1 aliphatic rings. The monoisotopic (exact) mass is 260 g/mol. The van der Waals surface area contributed by atoms with Crippen molar-refractivity contribution in [2.75, 3.05) is 17.6 Å². The summed E-state index contributed by atoms with van der Waals surface area (Å²) in [6.07, 6.45) is 5.33. The maximum Gasteiger partial charge on any atom is 0.160 e. The molecule has 5 heteroatoms. The van der Waals surface area contributed by atoms with Gasteiger partial charge in [-0.2, -0.15) is 0 Å². The molecule has 3 rings (SSSR count). The van der Waals surface area contributed by atoms with E-state index in [0.29, 0.717) is 11.2 Å². The second kappa shape index (κ2) is 5.07. The molecular formula is C14H20N4O. The third kappa shape index (κ3) is 2.50. The van der Waals surface area contributed by atoms with Gasteiger partial charge >= 0.3 is 0 Å². The summed E-state index contributed by atoms with van der Waals surface area (Å²) in [5.41, 5.74) is 8.77. The van der Waals surface area contributed by atoms with Gasteiger partial charge in [0.1, 0.15) is 0 Å². The molecule has 102 valence electrons. The fraction of sp³-hybridized carbons (Fsp3) is 0.571. The number of nitrogens with one attached hydrogen (secondary N) is 1. The van der Waals surface area contributed by atoms with Crippen molar-refractivity contribution in [2.24, 2.45) is 11.8 Å². The molecule has 0 aliphatic heterocycles. The Labute approximate surface area is 112 Å². The first-order chi connectivity index (χ1) is 9.24. The van der Waals surface area contributed by atoms with Crippen LogP contribution < -0.4 is 11.1 Å². The summed E-state index contributed by atoms with van der Waals surface area (Å²) in [5, 5.41) is 11.2. The number of hydrogen-bond acceptors (Lipinski definition) is 5. The molecule has 0 amide bonds. The molecule has 2 unspecified atom stereocenters. The number of fused-ring (bicyclic) bond motifs is 1. The molecule has 1 aliphatic carbocycles. The largest absolute Gasteiger partial charge is 0.397 e. The molecule has 0 spiro atoms. The van der Waals surface area contributed by atoms with E-state index in [-0.39, 0.29) is 0 Å². The van der Waals surface area contributed by atoms with Crippen molar-refractivity contribution in [1.29, 1.82) is 0 Å². The van der Waals surface area contributed by atoms with Crippen LogP contribution in [0.4, 0.5) is 11.4 Å². The molecule has 1 heterocycles. The minimum absolute atomic E-state index is 0.605. The highest BCUT2D eigenvalue weighted by molar-refractivity contribution is 5.94. The van der Waals surface area contributed by atoms with E-state index in [1.54, 1.807) is 0 Å². The van der Waals surface area contributed by atoms with E-state index in [1.807, 2.05) is 12.1 Å². The molecule has 1 aromatic carbocycles. The molecule has 0 bridgehead atoms. The molecular weight excluding hydrogens is 240 g/mol. The van der Waals surface area contributed by atoms with Gasteiger partial charge in [-0.3, -0.25) is 0 Å². The number of hydrogen-bond donors (Lipinski definition) is 2. The highest BCUT2D eigenvalue weighted by Gasteiger charge is 2.19. The SMILES string of the molecule is CC1CCCC(CNc2ccc(N)c3nonc23)C1. The number of nitrogen functional groups attached to an aromatic ring is 1. The summed E-state index contributed by atoms with van der Waals surface area (Å²) >= 11 is 0. The van der Waals surface area contributed by atoms with Crippen LogP contribution in [0.5, 0.6) is 0 Å². The van der Waals surface area contributed by atoms with Gasteiger partial charge in [0.05, 0.1) is 11.4 Å². The van der Waals surface area contributed by atoms with E-state index in [2.05, 4.69) is 22.6 Å². The van der Waals surface area contributed by atoms with Crippen molar-refractivity contribution in [3.05, 3.63) is 12.1 Å². The Morgan fingerprint density at radius 1 is 1.32 bits per heavy atom. The molecule has 3 N–H and O–H groups in total. The van der Waals surface area contributed by atoms with Crippen molar-refractivity contribution < 1.29 is 4.63 Å². The van der Waals surface area contributed by atoms with E-state index in [4.69, 9.17) is 10.4 Å². The number of nitrogens with zero attached hydrogens (tertiary/aromatic N) is 2. The second-order valence-corrected chi connectivity index (χ2v) is 5.68. The maximum absolute atomic E-state index is 5.84. The molecule has 2 aromatic rings. The second-order valence-electron chi connectivity index (χ2n) is 5.68. The number of anilines is 2. The number of aromatic nitrogens is 2. The lowest BCUT2D eigenvalue weighted by Crippen LogP contribution is -2.21. The molecule has 1 saturated carbocycles. The van der Waals surface area contributed by atoms with Crippen LogP contribution >= 0.6 is 0 Å². The molecule has 0 radical (unpaired) electrons. The van der Waals surface area contributed by atoms with Crippen LogP contribution in [0.1, 0.15) is 32.6 Å². The summed E-state index contributed by atoms with van der Waals surface area (Å²) in [4.78, 5) is 0. The van der Waals surface area contributed by atoms with Gasteiger partial charge < -0.3 is 11.1 Å². The van der Waals surface area contributed by atoms with Crippen molar-refractivity contribution in [1.82, 2.24) is 10.3 Å². The average molecular weight is 260 g/mol. The molecule has 0 saturated heterocycles. The third-order valence-electron chi connectivity index (χ3n) is 4.07. The van der Waals surface area contributed by atoms with Gasteiger partial charge in [-0.25, -0.2) is 4.63 Å². The standard InChI is InChI=1S/C14H20N4O/c1-9-3-2-4-10(7-9)8-16-12-6-5-11(15)13-14(12)18-19-17-13/h5-6,9-10,16H,2-4,7-8,15H2,1H3. The summed E-state index contributed by atoms with van der Waals surface area (Å²) < 4.78 is 4.78. The predicted molar refractivity (Wildman–Crippen MR) is 75.8 cm³/mol. The van der Waals surface area contributed by atoms with Crippen molar-refractivity contribution >= 4 is 22.4 Å². The Hall–Kier alpha value is -1.78. The van der Waals surface area contributed by atoms with E-state index in [1.165, 1.54) is 25.7 Å². The summed E-state index contributed by atoms with van der Waals surface area (Å²) in [6.45, 7) is 3.32. The summed E-state index contributed by atoms with van der Waals surface area (Å²) in [5.74, 6) is 1.59. The van der Waals surface area contributed by atoms with Crippen molar-refractivity contribution in [3.63, 3.8) is 0 Å². The van der Waals surface area contributed by atoms with Gasteiger partial charge in [0.25, 0.3) is 0 Å². The maximum atomic E-state index is 5.84. The van der Waals surface area contributed by atoms with E-state index < -0.39 is 0 Å². The Morgan fingerprint density at radius 3 is 3.00 bits per heavy atom. The Kier molecular flexibility index (Phi) is 3.27. The van der Waals surface area contributed by atoms with Crippen LogP contribution in [0.15, 0.2) is 16.8 Å². The molecule has 5 nitrogen and oxygen atoms in total. The van der Waals surface area contributed by atoms with Gasteiger partial charge in [-0.1, -0.05) is 19.8 Å². The van der Waals surface area contributed by atoms with Gasteiger partial charge in [0, 0.05) is 6.54 Å². The van der Waals surface area contributed by atoms with Crippen molar-refractivity contribution in [2.45, 2.75) is 32.6 Å². The lowest BCUT2D eigenvalue weighted by atomic mass is 9.82. The third-order valence-corrected chi connectivity index (χ3v) is 4.07. The van der Waals surface area contributed by atoms with Crippen LogP contribution in [0.3, 0.4) is 0 Å². The van der Waals surface area contributed by atoms with E-state index >= 15 is 0 Å². The molecule has 19 heavy (non-hydrogen) atoms. The fourth-order valence-electron chi connectivity index (χ4n) is 3.03. The van der Waals surface area contributed by atoms with Crippen LogP contribution in [-0.4, -0.2) is 16.9 Å². The molecule has 1 aromatic heterocycles. The van der Waals surface area contributed by atoms with Gasteiger partial charge in [0.2, 0.25) is 0 Å². The number of benzene rings is 1. The molecule has 2 atom stereocenters. The zero-order valence-corrected chi connectivity index (χ0v) is 11.2. The first-order valence-corrected chi connectivity index (χ1v) is 6.98. The van der Waals surface area contributed by atoms with Gasteiger partial charge in [-0.05, 0) is 47.1 Å². The van der Waals surface area contributed by atoms with Crippen LogP contribution in [0, 0.1) is 11.8 Å². The summed E-state index contributed by atoms with van der Waals surface area (Å²) in [7, 11) is 0. The average Bonchev–Trinajstić information content (AvgIpc) is 2.88. The van der Waals surface area contributed by atoms with E-state index in [0.717, 1.165) is 29.6 Å².